The highest BCUT2D eigenvalue weighted by Crippen LogP contribution is 2.29. The molecule has 2 aromatic carbocycles. The van der Waals surface area contributed by atoms with Gasteiger partial charge in [-0.15, -0.1) is 0 Å². The van der Waals surface area contributed by atoms with Gasteiger partial charge in [0, 0.05) is 49.1 Å². The molecule has 1 fully saturated rings. The molecule has 2 heterocycles. The largest absolute Gasteiger partial charge is 0.371 e. The fourth-order valence-electron chi connectivity index (χ4n) is 4.34. The van der Waals surface area contributed by atoms with Crippen molar-refractivity contribution in [2.24, 2.45) is 5.92 Å². The summed E-state index contributed by atoms with van der Waals surface area (Å²) in [4.78, 5) is 32.3. The Hall–Kier alpha value is -3.87. The van der Waals surface area contributed by atoms with Gasteiger partial charge in [0.25, 0.3) is 5.91 Å². The molecule has 182 valence electrons. The van der Waals surface area contributed by atoms with Crippen LogP contribution in [0.3, 0.4) is 0 Å². The van der Waals surface area contributed by atoms with Gasteiger partial charge in [0.15, 0.2) is 0 Å². The fourth-order valence-corrected chi connectivity index (χ4v) is 4.34. The molecular weight excluding hydrogens is 438 g/mol. The van der Waals surface area contributed by atoms with E-state index in [0.717, 1.165) is 54.0 Å². The van der Waals surface area contributed by atoms with Gasteiger partial charge in [-0.2, -0.15) is 0 Å². The molecule has 0 unspecified atom stereocenters. The van der Waals surface area contributed by atoms with Crippen LogP contribution in [0, 0.1) is 19.8 Å². The van der Waals surface area contributed by atoms with Crippen LogP contribution in [0.4, 0.5) is 21.9 Å². The van der Waals surface area contributed by atoms with E-state index < -0.39 is 0 Å². The smallest absolute Gasteiger partial charge is 0.323 e. The highest BCUT2D eigenvalue weighted by Gasteiger charge is 2.22. The number of benzene rings is 2. The molecule has 35 heavy (non-hydrogen) atoms. The highest BCUT2D eigenvalue weighted by molar-refractivity contribution is 6.04. The lowest BCUT2D eigenvalue weighted by Crippen LogP contribution is -2.35. The molecule has 0 radical (unpaired) electrons. The summed E-state index contributed by atoms with van der Waals surface area (Å²) in [5.74, 6) is 0.505. The van der Waals surface area contributed by atoms with E-state index in [2.05, 4.69) is 32.8 Å². The molecule has 0 bridgehead atoms. The van der Waals surface area contributed by atoms with Gasteiger partial charge in [0.2, 0.25) is 0 Å². The van der Waals surface area contributed by atoms with E-state index in [1.165, 1.54) is 0 Å². The summed E-state index contributed by atoms with van der Waals surface area (Å²) in [6, 6.07) is 14.8. The molecule has 0 spiro atoms. The van der Waals surface area contributed by atoms with E-state index >= 15 is 0 Å². The zero-order valence-electron chi connectivity index (χ0n) is 20.6. The Morgan fingerprint density at radius 3 is 2.54 bits per heavy atom. The third kappa shape index (κ3) is 6.38. The summed E-state index contributed by atoms with van der Waals surface area (Å²) in [5, 5.41) is 8.78. The summed E-state index contributed by atoms with van der Waals surface area (Å²) >= 11 is 0. The third-order valence-corrected chi connectivity index (χ3v) is 6.43. The first-order valence-corrected chi connectivity index (χ1v) is 12.1. The maximum atomic E-state index is 13.3. The molecule has 7 heteroatoms. The summed E-state index contributed by atoms with van der Waals surface area (Å²) < 4.78 is 0. The van der Waals surface area contributed by atoms with Gasteiger partial charge in [-0.25, -0.2) is 4.79 Å². The van der Waals surface area contributed by atoms with Crippen molar-refractivity contribution in [3.63, 3.8) is 0 Å². The van der Waals surface area contributed by atoms with E-state index in [4.69, 9.17) is 0 Å². The van der Waals surface area contributed by atoms with Gasteiger partial charge >= 0.3 is 6.03 Å². The Kier molecular flexibility index (Phi) is 7.65. The molecular formula is C28H33N5O2. The standard InChI is InChI=1S/C28H33N5O2/c1-19-10-13-33(14-11-19)26-9-7-23(31-28(35)32-25-8-6-20(2)15-21(25)3)16-24(26)27(34)30-18-22-5-4-12-29-17-22/h4-9,12,15-17,19H,10-11,13-14,18H2,1-3H3,(H,30,34)(H2,31,32,35). The monoisotopic (exact) mass is 471 g/mol. The van der Waals surface area contributed by atoms with Crippen LogP contribution < -0.4 is 20.9 Å². The van der Waals surface area contributed by atoms with Gasteiger partial charge < -0.3 is 20.9 Å². The van der Waals surface area contributed by atoms with Crippen molar-refractivity contribution in [2.75, 3.05) is 28.6 Å². The predicted molar refractivity (Wildman–Crippen MR) is 141 cm³/mol. The number of carbonyl (C=O) groups excluding carboxylic acids is 2. The van der Waals surface area contributed by atoms with Gasteiger partial charge in [0.05, 0.1) is 5.56 Å². The van der Waals surface area contributed by atoms with Crippen molar-refractivity contribution < 1.29 is 9.59 Å². The van der Waals surface area contributed by atoms with Crippen molar-refractivity contribution in [1.82, 2.24) is 10.3 Å². The lowest BCUT2D eigenvalue weighted by molar-refractivity contribution is 0.0951. The van der Waals surface area contributed by atoms with Crippen LogP contribution in [0.2, 0.25) is 0 Å². The maximum absolute atomic E-state index is 13.3. The molecule has 0 atom stereocenters. The molecule has 3 aromatic rings. The van der Waals surface area contributed by atoms with Gasteiger partial charge in [-0.1, -0.05) is 30.7 Å². The van der Waals surface area contributed by atoms with Gasteiger partial charge in [-0.3, -0.25) is 9.78 Å². The molecule has 7 nitrogen and oxygen atoms in total. The molecule has 0 aliphatic carbocycles. The molecule has 1 aromatic heterocycles. The first-order valence-electron chi connectivity index (χ1n) is 12.1. The molecule has 0 saturated carbocycles. The number of pyridine rings is 1. The van der Waals surface area contributed by atoms with Crippen molar-refractivity contribution in [2.45, 2.75) is 40.2 Å². The lowest BCUT2D eigenvalue weighted by Gasteiger charge is -2.33. The molecule has 1 saturated heterocycles. The van der Waals surface area contributed by atoms with Gasteiger partial charge in [0.1, 0.15) is 0 Å². The molecule has 4 rings (SSSR count). The average Bonchev–Trinajstić information content (AvgIpc) is 2.85. The topological polar surface area (TPSA) is 86.4 Å². The number of anilines is 3. The fraction of sp³-hybridized carbons (Fsp3) is 0.321. The van der Waals surface area contributed by atoms with E-state index in [1.807, 2.05) is 56.3 Å². The second-order valence-electron chi connectivity index (χ2n) is 9.34. The Balaban J connectivity index is 1.52. The predicted octanol–water partition coefficient (Wildman–Crippen LogP) is 5.51. The van der Waals surface area contributed by atoms with E-state index in [-0.39, 0.29) is 11.9 Å². The van der Waals surface area contributed by atoms with E-state index in [0.29, 0.717) is 23.7 Å². The minimum atomic E-state index is -0.349. The van der Waals surface area contributed by atoms with E-state index in [9.17, 15) is 9.59 Å². The number of carbonyl (C=O) groups is 2. The van der Waals surface area contributed by atoms with Crippen LogP contribution in [0.5, 0.6) is 0 Å². The molecule has 3 amide bonds. The van der Waals surface area contributed by atoms with Crippen LogP contribution in [0.15, 0.2) is 60.9 Å². The second-order valence-corrected chi connectivity index (χ2v) is 9.34. The SMILES string of the molecule is Cc1ccc(NC(=O)Nc2ccc(N3CCC(C)CC3)c(C(=O)NCc3cccnc3)c2)c(C)c1. The van der Waals surface area contributed by atoms with Crippen LogP contribution in [-0.2, 0) is 6.54 Å². The van der Waals surface area contributed by atoms with Gasteiger partial charge in [-0.05, 0) is 74.1 Å². The second kappa shape index (κ2) is 11.0. The Morgan fingerprint density at radius 2 is 1.83 bits per heavy atom. The lowest BCUT2D eigenvalue weighted by atomic mass is 9.97. The van der Waals surface area contributed by atoms with Crippen LogP contribution >= 0.6 is 0 Å². The number of nitrogens with zero attached hydrogens (tertiary/aromatic N) is 2. The zero-order valence-corrected chi connectivity index (χ0v) is 20.6. The highest BCUT2D eigenvalue weighted by atomic mass is 16.2. The Labute approximate surface area is 207 Å². The number of nitrogens with one attached hydrogen (secondary N) is 3. The van der Waals surface area contributed by atoms with Crippen molar-refractivity contribution >= 4 is 29.0 Å². The third-order valence-electron chi connectivity index (χ3n) is 6.43. The molecule has 1 aliphatic heterocycles. The number of amides is 3. The normalized spacial score (nSPS) is 13.9. The van der Waals surface area contributed by atoms with Crippen LogP contribution in [0.25, 0.3) is 0 Å². The Bertz CT molecular complexity index is 1190. The van der Waals surface area contributed by atoms with Crippen molar-refractivity contribution in [3.05, 3.63) is 83.2 Å². The number of aromatic nitrogens is 1. The summed E-state index contributed by atoms with van der Waals surface area (Å²) in [7, 11) is 0. The number of hydrogen-bond acceptors (Lipinski definition) is 4. The number of piperidine rings is 1. The first kappa shape index (κ1) is 24.3. The Morgan fingerprint density at radius 1 is 1.03 bits per heavy atom. The summed E-state index contributed by atoms with van der Waals surface area (Å²) in [6.45, 7) is 8.44. The zero-order chi connectivity index (χ0) is 24.8. The minimum absolute atomic E-state index is 0.180. The van der Waals surface area contributed by atoms with Crippen LogP contribution in [0.1, 0.15) is 46.8 Å². The summed E-state index contributed by atoms with van der Waals surface area (Å²) in [5.41, 5.74) is 5.81. The van der Waals surface area contributed by atoms with Crippen molar-refractivity contribution in [1.29, 1.82) is 0 Å². The summed E-state index contributed by atoms with van der Waals surface area (Å²) in [6.07, 6.45) is 5.63. The average molecular weight is 472 g/mol. The number of urea groups is 1. The first-order chi connectivity index (χ1) is 16.9. The van der Waals surface area contributed by atoms with E-state index in [1.54, 1.807) is 18.5 Å². The number of rotatable bonds is 6. The number of hydrogen-bond donors (Lipinski definition) is 3. The van der Waals surface area contributed by atoms with Crippen molar-refractivity contribution in [3.8, 4) is 0 Å². The minimum Gasteiger partial charge on any atom is -0.371 e. The number of aryl methyl sites for hydroxylation is 2. The van der Waals surface area contributed by atoms with Crippen LogP contribution in [-0.4, -0.2) is 30.0 Å². The maximum Gasteiger partial charge on any atom is 0.323 e. The molecule has 3 N–H and O–H groups in total. The molecule has 1 aliphatic rings. The quantitative estimate of drug-likeness (QED) is 0.443.